The number of halogens is 2. The van der Waals surface area contributed by atoms with Crippen LogP contribution in [-0.2, 0) is 13.2 Å². The molecule has 0 aliphatic carbocycles. The summed E-state index contributed by atoms with van der Waals surface area (Å²) in [5.41, 5.74) is 3.64. The van der Waals surface area contributed by atoms with Gasteiger partial charge in [-0.3, -0.25) is 4.68 Å². The molecule has 0 bridgehead atoms. The first-order valence-corrected chi connectivity index (χ1v) is 11.5. The van der Waals surface area contributed by atoms with Gasteiger partial charge in [-0.1, -0.05) is 41.6 Å². The highest BCUT2D eigenvalue weighted by Gasteiger charge is 2.18. The number of ether oxygens (including phenoxy) is 1. The molecular weight excluding hydrogens is 476 g/mol. The number of benzene rings is 3. The molecule has 3 heterocycles. The van der Waals surface area contributed by atoms with Crippen molar-refractivity contribution in [1.82, 2.24) is 24.9 Å². The van der Waals surface area contributed by atoms with E-state index in [1.165, 1.54) is 18.3 Å². The zero-order valence-corrected chi connectivity index (χ0v) is 19.4. The van der Waals surface area contributed by atoms with E-state index in [0.29, 0.717) is 36.0 Å². The molecule has 3 aromatic carbocycles. The van der Waals surface area contributed by atoms with Crippen molar-refractivity contribution >= 4 is 0 Å². The van der Waals surface area contributed by atoms with Crippen LogP contribution in [0.3, 0.4) is 0 Å². The van der Waals surface area contributed by atoms with Gasteiger partial charge in [0, 0.05) is 11.6 Å². The van der Waals surface area contributed by atoms with Crippen molar-refractivity contribution < 1.29 is 18.0 Å². The minimum atomic E-state index is -0.983. The van der Waals surface area contributed by atoms with Gasteiger partial charge < -0.3 is 9.26 Å². The van der Waals surface area contributed by atoms with Crippen molar-refractivity contribution in [3.63, 3.8) is 0 Å². The summed E-state index contributed by atoms with van der Waals surface area (Å²) in [5.74, 6) is -0.479. The van der Waals surface area contributed by atoms with E-state index < -0.39 is 11.6 Å². The number of imidazole rings is 1. The van der Waals surface area contributed by atoms with E-state index in [-0.39, 0.29) is 11.4 Å². The molecule has 7 nitrogen and oxygen atoms in total. The van der Waals surface area contributed by atoms with E-state index in [1.807, 2.05) is 60.7 Å². The number of hydrogen-bond donors (Lipinski definition) is 0. The Hall–Kier alpha value is -4.92. The maximum absolute atomic E-state index is 14.2. The van der Waals surface area contributed by atoms with Gasteiger partial charge in [0.2, 0.25) is 0 Å². The molecule has 2 aliphatic heterocycles. The van der Waals surface area contributed by atoms with E-state index >= 15 is 0 Å². The number of aromatic nitrogens is 5. The molecule has 1 aromatic heterocycles. The molecule has 0 spiro atoms. The Morgan fingerprint density at radius 3 is 2.49 bits per heavy atom. The average Bonchev–Trinajstić information content (AvgIpc) is 3.57. The van der Waals surface area contributed by atoms with Crippen molar-refractivity contribution in [3.05, 3.63) is 114 Å². The summed E-state index contributed by atoms with van der Waals surface area (Å²) >= 11 is 0. The zero-order valence-electron chi connectivity index (χ0n) is 19.4. The van der Waals surface area contributed by atoms with Crippen LogP contribution in [0.25, 0.3) is 34.0 Å². The second-order valence-corrected chi connectivity index (χ2v) is 8.37. The maximum atomic E-state index is 14.2. The summed E-state index contributed by atoms with van der Waals surface area (Å²) in [6.07, 6.45) is 3.19. The molecule has 9 heteroatoms. The SMILES string of the molecule is Fc1cccc(-c2nc3cnn(Cc4cc(-c5ccc(OCc6ccccc6)cc5)no4)cc-3n2)c1F. The smallest absolute Gasteiger partial charge is 0.169 e. The largest absolute Gasteiger partial charge is 0.489 e. The molecule has 0 N–H and O–H groups in total. The third kappa shape index (κ3) is 4.79. The summed E-state index contributed by atoms with van der Waals surface area (Å²) in [7, 11) is 0. The van der Waals surface area contributed by atoms with Gasteiger partial charge >= 0.3 is 0 Å². The van der Waals surface area contributed by atoms with Crippen LogP contribution < -0.4 is 4.74 Å². The summed E-state index contributed by atoms with van der Waals surface area (Å²) < 4.78 is 40.7. The lowest BCUT2D eigenvalue weighted by Gasteiger charge is -2.06. The van der Waals surface area contributed by atoms with Crippen LogP contribution in [0.5, 0.6) is 5.75 Å². The highest BCUT2D eigenvalue weighted by molar-refractivity contribution is 5.65. The van der Waals surface area contributed by atoms with Crippen LogP contribution in [0.2, 0.25) is 0 Å². The van der Waals surface area contributed by atoms with Crippen LogP contribution in [0.1, 0.15) is 11.3 Å². The van der Waals surface area contributed by atoms with Gasteiger partial charge in [-0.25, -0.2) is 18.7 Å². The summed E-state index contributed by atoms with van der Waals surface area (Å²) in [6.45, 7) is 0.799. The molecule has 0 unspecified atom stereocenters. The number of fused-ring (bicyclic) bond motifs is 1. The predicted octanol–water partition coefficient (Wildman–Crippen LogP) is 6.01. The molecule has 0 saturated carbocycles. The molecule has 0 atom stereocenters. The van der Waals surface area contributed by atoms with Gasteiger partial charge in [-0.2, -0.15) is 5.10 Å². The first kappa shape index (κ1) is 22.5. The highest BCUT2D eigenvalue weighted by Crippen LogP contribution is 2.27. The lowest BCUT2D eigenvalue weighted by Crippen LogP contribution is -2.04. The minimum Gasteiger partial charge on any atom is -0.489 e. The average molecular weight is 495 g/mol. The normalized spacial score (nSPS) is 11.2. The summed E-state index contributed by atoms with van der Waals surface area (Å²) in [6, 6.07) is 23.3. The first-order chi connectivity index (χ1) is 18.1. The van der Waals surface area contributed by atoms with Crippen LogP contribution >= 0.6 is 0 Å². The Kier molecular flexibility index (Phi) is 5.86. The fourth-order valence-electron chi connectivity index (χ4n) is 3.89. The monoisotopic (exact) mass is 495 g/mol. The molecule has 0 saturated heterocycles. The Morgan fingerprint density at radius 1 is 0.838 bits per heavy atom. The van der Waals surface area contributed by atoms with Crippen LogP contribution in [0.4, 0.5) is 8.78 Å². The van der Waals surface area contributed by atoms with Crippen LogP contribution in [-0.4, -0.2) is 24.9 Å². The fraction of sp³-hybridized carbons (Fsp3) is 0.0714. The van der Waals surface area contributed by atoms with Crippen molar-refractivity contribution in [2.24, 2.45) is 0 Å². The van der Waals surface area contributed by atoms with E-state index in [4.69, 9.17) is 9.26 Å². The van der Waals surface area contributed by atoms with E-state index in [0.717, 1.165) is 22.9 Å². The Balaban J connectivity index is 1.15. The van der Waals surface area contributed by atoms with Crippen molar-refractivity contribution in [3.8, 4) is 39.8 Å². The third-order valence-corrected chi connectivity index (χ3v) is 5.78. The van der Waals surface area contributed by atoms with Crippen molar-refractivity contribution in [2.75, 3.05) is 0 Å². The molecular formula is C28H19F2N5O2. The lowest BCUT2D eigenvalue weighted by atomic mass is 10.1. The Bertz CT molecular complexity index is 1630. The minimum absolute atomic E-state index is 0.000823. The molecule has 182 valence electrons. The van der Waals surface area contributed by atoms with Crippen LogP contribution in [0, 0.1) is 11.6 Å². The molecule has 0 amide bonds. The third-order valence-electron chi connectivity index (χ3n) is 5.78. The lowest BCUT2D eigenvalue weighted by molar-refractivity contribution is 0.306. The molecule has 0 radical (unpaired) electrons. The first-order valence-electron chi connectivity index (χ1n) is 11.5. The molecule has 37 heavy (non-hydrogen) atoms. The Morgan fingerprint density at radius 2 is 1.65 bits per heavy atom. The molecule has 0 fully saturated rings. The van der Waals surface area contributed by atoms with E-state index in [2.05, 4.69) is 20.2 Å². The van der Waals surface area contributed by atoms with Crippen molar-refractivity contribution in [2.45, 2.75) is 13.2 Å². The topological polar surface area (TPSA) is 78.9 Å². The fourth-order valence-corrected chi connectivity index (χ4v) is 3.89. The van der Waals surface area contributed by atoms with Gasteiger partial charge in [-0.15, -0.1) is 0 Å². The van der Waals surface area contributed by atoms with Gasteiger partial charge in [0.15, 0.2) is 23.2 Å². The standard InChI is InChI=1S/C28H19F2N5O2/c29-23-8-4-7-22(27(23)30)28-32-25-14-31-35(16-26(25)33-28)15-21-13-24(34-37-21)19-9-11-20(12-10-19)36-17-18-5-2-1-3-6-18/h1-14,16H,15,17H2. The van der Waals surface area contributed by atoms with E-state index in [9.17, 15) is 8.78 Å². The quantitative estimate of drug-likeness (QED) is 0.270. The van der Waals surface area contributed by atoms with Gasteiger partial charge in [0.05, 0.1) is 18.0 Å². The molecule has 4 aromatic rings. The summed E-state index contributed by atoms with van der Waals surface area (Å²) in [5, 5.41) is 8.50. The van der Waals surface area contributed by atoms with Gasteiger partial charge in [-0.05, 0) is 42.0 Å². The number of hydrogen-bond acceptors (Lipinski definition) is 6. The number of rotatable bonds is 7. The molecule has 6 rings (SSSR count). The Labute approximate surface area is 210 Å². The second-order valence-electron chi connectivity index (χ2n) is 8.37. The molecule has 2 aliphatic rings. The highest BCUT2D eigenvalue weighted by atomic mass is 19.2. The predicted molar refractivity (Wildman–Crippen MR) is 132 cm³/mol. The van der Waals surface area contributed by atoms with Gasteiger partial charge in [0.25, 0.3) is 0 Å². The zero-order chi connectivity index (χ0) is 25.2. The second kappa shape index (κ2) is 9.62. The van der Waals surface area contributed by atoms with Crippen LogP contribution in [0.15, 0.2) is 95.8 Å². The maximum Gasteiger partial charge on any atom is 0.169 e. The van der Waals surface area contributed by atoms with Crippen molar-refractivity contribution in [1.29, 1.82) is 0 Å². The number of nitrogens with zero attached hydrogens (tertiary/aromatic N) is 5. The van der Waals surface area contributed by atoms with Gasteiger partial charge in [0.1, 0.15) is 36.0 Å². The summed E-state index contributed by atoms with van der Waals surface area (Å²) in [4.78, 5) is 8.62. The van der Waals surface area contributed by atoms with E-state index in [1.54, 1.807) is 10.9 Å².